The van der Waals surface area contributed by atoms with Gasteiger partial charge in [-0.3, -0.25) is 9.78 Å². The molecule has 1 aromatic heterocycles. The number of hydrogen-bond acceptors (Lipinski definition) is 7. The summed E-state index contributed by atoms with van der Waals surface area (Å²) in [6, 6.07) is 13.1. The Morgan fingerprint density at radius 2 is 1.65 bits per heavy atom. The molecule has 34 heavy (non-hydrogen) atoms. The first-order chi connectivity index (χ1) is 16.3. The van der Waals surface area contributed by atoms with Crippen LogP contribution in [0, 0.1) is 0 Å². The van der Waals surface area contributed by atoms with E-state index in [1.807, 2.05) is 18.7 Å². The predicted molar refractivity (Wildman–Crippen MR) is 130 cm³/mol. The van der Waals surface area contributed by atoms with Crippen LogP contribution in [0.15, 0.2) is 72.0 Å². The third-order valence-corrected chi connectivity index (χ3v) is 7.26. The molecular weight excluding hydrogens is 454 g/mol. The summed E-state index contributed by atoms with van der Waals surface area (Å²) in [5.41, 5.74) is 0.993. The molecule has 0 radical (unpaired) electrons. The highest BCUT2D eigenvalue weighted by Gasteiger charge is 2.29. The summed E-state index contributed by atoms with van der Waals surface area (Å²) in [6.07, 6.45) is 4.95. The summed E-state index contributed by atoms with van der Waals surface area (Å²) >= 11 is 0. The number of sulfonamides is 1. The number of amides is 1. The first-order valence-electron chi connectivity index (χ1n) is 11.0. The zero-order valence-electron chi connectivity index (χ0n) is 19.1. The van der Waals surface area contributed by atoms with Gasteiger partial charge in [-0.05, 0) is 62.4 Å². The van der Waals surface area contributed by atoms with Crippen molar-refractivity contribution in [1.29, 1.82) is 0 Å². The minimum atomic E-state index is -3.64. The lowest BCUT2D eigenvalue weighted by Crippen LogP contribution is -2.48. The van der Waals surface area contributed by atoms with Gasteiger partial charge >= 0.3 is 0 Å². The fraction of sp³-hybridized carbons (Fsp3) is 0.292. The van der Waals surface area contributed by atoms with E-state index in [-0.39, 0.29) is 16.9 Å². The minimum Gasteiger partial charge on any atom is -0.491 e. The molecule has 2 heterocycles. The van der Waals surface area contributed by atoms with Crippen LogP contribution in [0.2, 0.25) is 0 Å². The van der Waals surface area contributed by atoms with Gasteiger partial charge in [-0.25, -0.2) is 13.4 Å². The number of anilines is 2. The van der Waals surface area contributed by atoms with Gasteiger partial charge in [0.05, 0.1) is 17.2 Å². The SMILES string of the molecule is CC(C)Oc1ccc(C(=O)Nc2ccc(S(=O)(=O)N3CCN(c4cnccn4)CC3)cc2)cc1. The topological polar surface area (TPSA) is 105 Å². The van der Waals surface area contributed by atoms with Crippen molar-refractivity contribution >= 4 is 27.4 Å². The highest BCUT2D eigenvalue weighted by molar-refractivity contribution is 7.89. The van der Waals surface area contributed by atoms with Crippen LogP contribution in [-0.2, 0) is 10.0 Å². The summed E-state index contributed by atoms with van der Waals surface area (Å²) in [4.78, 5) is 23.1. The standard InChI is InChI=1S/C24H27N5O4S/c1-18(2)33-21-7-3-19(4-8-21)24(30)27-20-5-9-22(10-6-20)34(31,32)29-15-13-28(14-16-29)23-17-25-11-12-26-23/h3-12,17-18H,13-16H2,1-2H3,(H,27,30). The van der Waals surface area contributed by atoms with Gasteiger partial charge < -0.3 is 15.0 Å². The van der Waals surface area contributed by atoms with Gasteiger partial charge in [0.1, 0.15) is 11.6 Å². The number of hydrogen-bond donors (Lipinski definition) is 1. The Kier molecular flexibility index (Phi) is 7.09. The van der Waals surface area contributed by atoms with Gasteiger partial charge in [0.25, 0.3) is 5.91 Å². The molecule has 3 aromatic rings. The van der Waals surface area contributed by atoms with Crippen molar-refractivity contribution in [2.45, 2.75) is 24.8 Å². The van der Waals surface area contributed by atoms with Crippen molar-refractivity contribution in [3.63, 3.8) is 0 Å². The highest BCUT2D eigenvalue weighted by atomic mass is 32.2. The fourth-order valence-electron chi connectivity index (χ4n) is 3.63. The van der Waals surface area contributed by atoms with E-state index in [0.29, 0.717) is 43.2 Å². The van der Waals surface area contributed by atoms with Crippen LogP contribution < -0.4 is 15.0 Å². The number of nitrogens with zero attached hydrogens (tertiary/aromatic N) is 4. The number of rotatable bonds is 7. The normalized spacial score (nSPS) is 14.7. The van der Waals surface area contributed by atoms with E-state index in [0.717, 1.165) is 5.82 Å². The van der Waals surface area contributed by atoms with Crippen LogP contribution in [0.4, 0.5) is 11.5 Å². The predicted octanol–water partition coefficient (Wildman–Crippen LogP) is 3.03. The van der Waals surface area contributed by atoms with Gasteiger partial charge in [0.15, 0.2) is 0 Å². The molecule has 0 atom stereocenters. The van der Waals surface area contributed by atoms with Crippen molar-refractivity contribution in [3.05, 3.63) is 72.7 Å². The molecule has 4 rings (SSSR count). The molecule has 0 bridgehead atoms. The second kappa shape index (κ2) is 10.2. The zero-order valence-corrected chi connectivity index (χ0v) is 19.9. The van der Waals surface area contributed by atoms with Gasteiger partial charge in [0.2, 0.25) is 10.0 Å². The number of benzene rings is 2. The van der Waals surface area contributed by atoms with Crippen LogP contribution >= 0.6 is 0 Å². The lowest BCUT2D eigenvalue weighted by molar-refractivity contribution is 0.102. The monoisotopic (exact) mass is 481 g/mol. The maximum atomic E-state index is 13.1. The van der Waals surface area contributed by atoms with Crippen LogP contribution in [0.1, 0.15) is 24.2 Å². The molecule has 178 valence electrons. The summed E-state index contributed by atoms with van der Waals surface area (Å²) < 4.78 is 33.2. The average molecular weight is 482 g/mol. The van der Waals surface area contributed by atoms with Crippen molar-refractivity contribution < 1.29 is 17.9 Å². The Balaban J connectivity index is 1.36. The van der Waals surface area contributed by atoms with Gasteiger partial charge in [0, 0.05) is 49.8 Å². The fourth-order valence-corrected chi connectivity index (χ4v) is 5.05. The first kappa shape index (κ1) is 23.7. The zero-order chi connectivity index (χ0) is 24.1. The number of piperazine rings is 1. The molecule has 0 unspecified atom stereocenters. The molecule has 1 amide bonds. The van der Waals surface area contributed by atoms with Gasteiger partial charge in [-0.2, -0.15) is 4.31 Å². The van der Waals surface area contributed by atoms with Crippen LogP contribution in [-0.4, -0.2) is 60.9 Å². The van der Waals surface area contributed by atoms with Crippen LogP contribution in [0.5, 0.6) is 5.75 Å². The number of carbonyl (C=O) groups excluding carboxylic acids is 1. The van der Waals surface area contributed by atoms with Crippen molar-refractivity contribution in [3.8, 4) is 5.75 Å². The van der Waals surface area contributed by atoms with Crippen molar-refractivity contribution in [2.75, 3.05) is 36.4 Å². The highest BCUT2D eigenvalue weighted by Crippen LogP contribution is 2.22. The Morgan fingerprint density at radius 1 is 0.971 bits per heavy atom. The minimum absolute atomic E-state index is 0.0523. The molecule has 2 aromatic carbocycles. The third kappa shape index (κ3) is 5.52. The van der Waals surface area contributed by atoms with E-state index in [1.54, 1.807) is 55.0 Å². The van der Waals surface area contributed by atoms with Crippen molar-refractivity contribution in [2.24, 2.45) is 0 Å². The van der Waals surface area contributed by atoms with Crippen LogP contribution in [0.3, 0.4) is 0 Å². The molecule has 0 aliphatic carbocycles. The summed E-state index contributed by atoms with van der Waals surface area (Å²) in [5.74, 6) is 1.15. The molecule has 10 heteroatoms. The Hall–Kier alpha value is -3.50. The second-order valence-electron chi connectivity index (χ2n) is 8.12. The Labute approximate surface area is 199 Å². The second-order valence-corrected chi connectivity index (χ2v) is 10.1. The van der Waals surface area contributed by atoms with Gasteiger partial charge in [-0.15, -0.1) is 0 Å². The summed E-state index contributed by atoms with van der Waals surface area (Å²) in [7, 11) is -3.64. The van der Waals surface area contributed by atoms with E-state index >= 15 is 0 Å². The molecule has 1 fully saturated rings. The molecule has 1 saturated heterocycles. The van der Waals surface area contributed by atoms with Crippen LogP contribution in [0.25, 0.3) is 0 Å². The maximum absolute atomic E-state index is 13.1. The lowest BCUT2D eigenvalue weighted by Gasteiger charge is -2.34. The van der Waals surface area contributed by atoms with Crippen molar-refractivity contribution in [1.82, 2.24) is 14.3 Å². The molecule has 1 aliphatic rings. The quantitative estimate of drug-likeness (QED) is 0.553. The average Bonchev–Trinajstić information content (AvgIpc) is 2.85. The molecule has 1 N–H and O–H groups in total. The number of nitrogens with one attached hydrogen (secondary N) is 1. The van der Waals surface area contributed by atoms with E-state index in [2.05, 4.69) is 15.3 Å². The van der Waals surface area contributed by atoms with E-state index < -0.39 is 10.0 Å². The number of aromatic nitrogens is 2. The third-order valence-electron chi connectivity index (χ3n) is 5.35. The van der Waals surface area contributed by atoms with E-state index in [9.17, 15) is 13.2 Å². The molecule has 1 aliphatic heterocycles. The largest absolute Gasteiger partial charge is 0.491 e. The molecule has 9 nitrogen and oxygen atoms in total. The first-order valence-corrected chi connectivity index (χ1v) is 12.5. The number of carbonyl (C=O) groups is 1. The smallest absolute Gasteiger partial charge is 0.255 e. The number of ether oxygens (including phenoxy) is 1. The summed E-state index contributed by atoms with van der Waals surface area (Å²) in [5, 5.41) is 2.79. The molecule has 0 saturated carbocycles. The summed E-state index contributed by atoms with van der Waals surface area (Å²) in [6.45, 7) is 5.65. The Bertz CT molecular complexity index is 1210. The maximum Gasteiger partial charge on any atom is 0.255 e. The van der Waals surface area contributed by atoms with E-state index in [1.165, 1.54) is 16.4 Å². The van der Waals surface area contributed by atoms with Gasteiger partial charge in [-0.1, -0.05) is 0 Å². The lowest BCUT2D eigenvalue weighted by atomic mass is 10.2. The molecular formula is C24H27N5O4S. The van der Waals surface area contributed by atoms with E-state index in [4.69, 9.17) is 4.74 Å². The Morgan fingerprint density at radius 3 is 2.24 bits per heavy atom. The molecule has 0 spiro atoms.